The van der Waals surface area contributed by atoms with Crippen LogP contribution in [0.1, 0.15) is 32.1 Å². The van der Waals surface area contributed by atoms with Gasteiger partial charge in [0, 0.05) is 0 Å². The van der Waals surface area contributed by atoms with Crippen LogP contribution < -0.4 is 0 Å². The van der Waals surface area contributed by atoms with E-state index in [2.05, 4.69) is 42.9 Å². The second-order valence-electron chi connectivity index (χ2n) is 2.99. The monoisotopic (exact) mass is 161 g/mol. The lowest BCUT2D eigenvalue weighted by Gasteiger charge is -1.93. The quantitative estimate of drug-likeness (QED) is 0.474. The van der Waals surface area contributed by atoms with Crippen molar-refractivity contribution >= 4 is 0 Å². The van der Waals surface area contributed by atoms with Gasteiger partial charge < -0.3 is 0 Å². The first-order valence-corrected chi connectivity index (χ1v) is 4.77. The van der Waals surface area contributed by atoms with Crippen LogP contribution in [0.25, 0.3) is 0 Å². The van der Waals surface area contributed by atoms with Crippen LogP contribution in [0.5, 0.6) is 0 Å². The molecule has 0 spiro atoms. The molecule has 12 heavy (non-hydrogen) atoms. The van der Waals surface area contributed by atoms with Crippen LogP contribution in [0.3, 0.4) is 0 Å². The van der Waals surface area contributed by atoms with Gasteiger partial charge in [-0.05, 0) is 38.5 Å². The maximum absolute atomic E-state index is 2.34. The van der Waals surface area contributed by atoms with E-state index in [1.165, 1.54) is 12.8 Å². The molecule has 0 amide bonds. The minimum absolute atomic E-state index is 1.08. The normalized spacial score (nSPS) is 20.0. The first-order chi connectivity index (χ1) is 6.00. The molecule has 65 valence electrons. The Labute approximate surface area is 75.7 Å². The van der Waals surface area contributed by atoms with Crippen molar-refractivity contribution in [1.82, 2.24) is 0 Å². The largest absolute Gasteiger partial charge is 0.0882 e. The molecule has 0 aromatic heterocycles. The van der Waals surface area contributed by atoms with Crippen molar-refractivity contribution in [2.45, 2.75) is 32.1 Å². The van der Waals surface area contributed by atoms with E-state index in [1.54, 1.807) is 0 Å². The molecule has 0 unspecified atom stereocenters. The lowest BCUT2D eigenvalue weighted by Crippen LogP contribution is -1.75. The molecule has 0 N–H and O–H groups in total. The highest BCUT2D eigenvalue weighted by molar-refractivity contribution is 4.99. The zero-order chi connectivity index (χ0) is 8.49. The van der Waals surface area contributed by atoms with Crippen molar-refractivity contribution in [3.8, 4) is 0 Å². The molecule has 0 aromatic carbocycles. The molecule has 1 aliphatic rings. The van der Waals surface area contributed by atoms with E-state index in [0.717, 1.165) is 19.3 Å². The Morgan fingerprint density at radius 3 is 1.83 bits per heavy atom. The third kappa shape index (κ3) is 4.95. The predicted octanol–water partition coefficient (Wildman–Crippen LogP) is 3.82. The van der Waals surface area contributed by atoms with Crippen LogP contribution in [0.15, 0.2) is 36.5 Å². The minimum Gasteiger partial charge on any atom is -0.0882 e. The molecule has 0 saturated heterocycles. The third-order valence-corrected chi connectivity index (χ3v) is 1.88. The van der Waals surface area contributed by atoms with E-state index < -0.39 is 0 Å². The zero-order valence-electron chi connectivity index (χ0n) is 7.58. The molecule has 1 aliphatic carbocycles. The Kier molecular flexibility index (Phi) is 5.35. The number of allylic oxidation sites excluding steroid dienone is 6. The molecule has 0 aromatic rings. The van der Waals surface area contributed by atoms with Crippen LogP contribution >= 0.6 is 0 Å². The summed E-state index contributed by atoms with van der Waals surface area (Å²) in [6.07, 6.45) is 21.5. The summed E-state index contributed by atoms with van der Waals surface area (Å²) in [5.74, 6) is 0. The second-order valence-corrected chi connectivity index (χ2v) is 2.99. The van der Waals surface area contributed by atoms with E-state index in [4.69, 9.17) is 0 Å². The second kappa shape index (κ2) is 6.90. The zero-order valence-corrected chi connectivity index (χ0v) is 7.58. The molecule has 1 rings (SSSR count). The molecule has 0 bridgehead atoms. The molecular formula is C12H17. The van der Waals surface area contributed by atoms with Gasteiger partial charge in [0.05, 0.1) is 0 Å². The maximum Gasteiger partial charge on any atom is -0.0169 e. The predicted molar refractivity (Wildman–Crippen MR) is 54.8 cm³/mol. The van der Waals surface area contributed by atoms with Crippen LogP contribution in [-0.2, 0) is 0 Å². The highest BCUT2D eigenvalue weighted by Gasteiger charge is 1.84. The van der Waals surface area contributed by atoms with Gasteiger partial charge in [0.2, 0.25) is 0 Å². The summed E-state index contributed by atoms with van der Waals surface area (Å²) < 4.78 is 0. The van der Waals surface area contributed by atoms with Crippen molar-refractivity contribution in [2.75, 3.05) is 0 Å². The van der Waals surface area contributed by atoms with E-state index in [-0.39, 0.29) is 0 Å². The molecule has 0 nitrogen and oxygen atoms in total. The number of rotatable bonds is 0. The van der Waals surface area contributed by atoms with Crippen LogP contribution in [0.2, 0.25) is 0 Å². The first kappa shape index (κ1) is 9.31. The lowest BCUT2D eigenvalue weighted by molar-refractivity contribution is 0.928. The minimum atomic E-state index is 1.08. The van der Waals surface area contributed by atoms with Gasteiger partial charge in [0.15, 0.2) is 0 Å². The Balaban J connectivity index is 2.31. The Morgan fingerprint density at radius 2 is 1.08 bits per heavy atom. The van der Waals surface area contributed by atoms with Gasteiger partial charge in [0.1, 0.15) is 0 Å². The molecule has 1 radical (unpaired) electrons. The van der Waals surface area contributed by atoms with Crippen molar-refractivity contribution in [1.29, 1.82) is 0 Å². The molecule has 0 heterocycles. The van der Waals surface area contributed by atoms with E-state index >= 15 is 0 Å². The molecular weight excluding hydrogens is 144 g/mol. The average molecular weight is 161 g/mol. The SMILES string of the molecule is [CH]1CC=CCC=CCC=CCC1. The van der Waals surface area contributed by atoms with Gasteiger partial charge in [-0.1, -0.05) is 36.5 Å². The highest BCUT2D eigenvalue weighted by Crippen LogP contribution is 2.03. The highest BCUT2D eigenvalue weighted by atomic mass is 13.9. The van der Waals surface area contributed by atoms with Crippen LogP contribution in [-0.4, -0.2) is 0 Å². The van der Waals surface area contributed by atoms with Gasteiger partial charge >= 0.3 is 0 Å². The molecule has 0 saturated carbocycles. The smallest absolute Gasteiger partial charge is 0.0169 e. The Hall–Kier alpha value is -0.780. The summed E-state index contributed by atoms with van der Waals surface area (Å²) in [5.41, 5.74) is 0. The van der Waals surface area contributed by atoms with Crippen molar-refractivity contribution < 1.29 is 0 Å². The number of hydrogen-bond donors (Lipinski definition) is 0. The molecule has 0 atom stereocenters. The summed E-state index contributed by atoms with van der Waals surface area (Å²) in [5, 5.41) is 0. The Bertz CT molecular complexity index is 152. The summed E-state index contributed by atoms with van der Waals surface area (Å²) in [6, 6.07) is 0. The summed E-state index contributed by atoms with van der Waals surface area (Å²) in [7, 11) is 0. The van der Waals surface area contributed by atoms with Gasteiger partial charge in [0.25, 0.3) is 0 Å². The molecule has 0 heteroatoms. The van der Waals surface area contributed by atoms with Crippen LogP contribution in [0, 0.1) is 6.42 Å². The fourth-order valence-corrected chi connectivity index (χ4v) is 1.18. The van der Waals surface area contributed by atoms with Gasteiger partial charge in [-0.15, -0.1) is 0 Å². The fourth-order valence-electron chi connectivity index (χ4n) is 1.18. The topological polar surface area (TPSA) is 0 Å². The lowest BCUT2D eigenvalue weighted by atomic mass is 10.1. The van der Waals surface area contributed by atoms with Crippen molar-refractivity contribution in [2.24, 2.45) is 0 Å². The average Bonchev–Trinajstić information content (AvgIpc) is 2.05. The summed E-state index contributed by atoms with van der Waals surface area (Å²) >= 11 is 0. The van der Waals surface area contributed by atoms with Gasteiger partial charge in [-0.3, -0.25) is 0 Å². The van der Waals surface area contributed by atoms with E-state index in [9.17, 15) is 0 Å². The Morgan fingerprint density at radius 1 is 0.500 bits per heavy atom. The van der Waals surface area contributed by atoms with Crippen molar-refractivity contribution in [3.63, 3.8) is 0 Å². The summed E-state index contributed by atoms with van der Waals surface area (Å²) in [6.45, 7) is 0. The van der Waals surface area contributed by atoms with Crippen LogP contribution in [0.4, 0.5) is 0 Å². The third-order valence-electron chi connectivity index (χ3n) is 1.88. The standard InChI is InChI=1S/C12H17/c1-2-4-6-8-10-12-11-9-7-5-3-1/h1-2,5-8,11H,3-4,9-10,12H2. The molecule has 0 fully saturated rings. The van der Waals surface area contributed by atoms with E-state index in [1.807, 2.05) is 0 Å². The maximum atomic E-state index is 2.34. The summed E-state index contributed by atoms with van der Waals surface area (Å²) in [4.78, 5) is 0. The molecule has 0 aliphatic heterocycles. The van der Waals surface area contributed by atoms with Crippen molar-refractivity contribution in [3.05, 3.63) is 42.9 Å². The number of hydrogen-bond acceptors (Lipinski definition) is 0. The van der Waals surface area contributed by atoms with Gasteiger partial charge in [-0.2, -0.15) is 0 Å². The first-order valence-electron chi connectivity index (χ1n) is 4.77. The van der Waals surface area contributed by atoms with Gasteiger partial charge in [-0.25, -0.2) is 0 Å². The van der Waals surface area contributed by atoms with E-state index in [0.29, 0.717) is 0 Å². The fraction of sp³-hybridized carbons (Fsp3) is 0.417.